The Morgan fingerprint density at radius 3 is 2.57 bits per heavy atom. The molecule has 0 spiro atoms. The lowest BCUT2D eigenvalue weighted by Gasteiger charge is -2.20. The van der Waals surface area contributed by atoms with Gasteiger partial charge in [0.2, 0.25) is 0 Å². The number of hydrogen-bond donors (Lipinski definition) is 1. The Morgan fingerprint density at radius 2 is 2.00 bits per heavy atom. The Hall–Kier alpha value is -1.81. The molecule has 1 aromatic heterocycles. The average Bonchev–Trinajstić information content (AvgIpc) is 2.90. The van der Waals surface area contributed by atoms with Crippen molar-refractivity contribution in [3.8, 4) is 0 Å². The molecule has 1 atom stereocenters. The Bertz CT molecular complexity index is 544. The van der Waals surface area contributed by atoms with Gasteiger partial charge in [0.25, 0.3) is 0 Å². The van der Waals surface area contributed by atoms with Crippen molar-refractivity contribution in [2.24, 2.45) is 7.05 Å². The summed E-state index contributed by atoms with van der Waals surface area (Å²) in [5.74, 6) is 0. The lowest BCUT2D eigenvalue weighted by molar-refractivity contribution is 0.571. The standard InChI is InChI=1S/C17H26N4/c1-5-10-18-14(2)16-6-8-17(9-7-16)20(3)12-15-11-19-21(4)13-15/h6-9,11,13-14,18H,5,10,12H2,1-4H3. The van der Waals surface area contributed by atoms with E-state index in [4.69, 9.17) is 0 Å². The van der Waals surface area contributed by atoms with Gasteiger partial charge in [0.15, 0.2) is 0 Å². The summed E-state index contributed by atoms with van der Waals surface area (Å²) in [6.07, 6.45) is 5.14. The molecule has 1 N–H and O–H groups in total. The van der Waals surface area contributed by atoms with Gasteiger partial charge < -0.3 is 10.2 Å². The van der Waals surface area contributed by atoms with Crippen LogP contribution in [0.4, 0.5) is 5.69 Å². The normalized spacial score (nSPS) is 12.4. The van der Waals surface area contributed by atoms with Gasteiger partial charge >= 0.3 is 0 Å². The van der Waals surface area contributed by atoms with Crippen molar-refractivity contribution in [1.29, 1.82) is 0 Å². The molecule has 2 aromatic rings. The van der Waals surface area contributed by atoms with Crippen LogP contribution in [-0.2, 0) is 13.6 Å². The number of aromatic nitrogens is 2. The molecule has 0 aliphatic rings. The second-order valence-corrected chi connectivity index (χ2v) is 5.65. The highest BCUT2D eigenvalue weighted by Crippen LogP contribution is 2.19. The van der Waals surface area contributed by atoms with Crippen molar-refractivity contribution in [2.45, 2.75) is 32.9 Å². The van der Waals surface area contributed by atoms with E-state index in [1.54, 1.807) is 0 Å². The van der Waals surface area contributed by atoms with Gasteiger partial charge in [-0.2, -0.15) is 5.10 Å². The molecule has 0 bridgehead atoms. The van der Waals surface area contributed by atoms with Gasteiger partial charge in [-0.25, -0.2) is 0 Å². The lowest BCUT2D eigenvalue weighted by atomic mass is 10.1. The van der Waals surface area contributed by atoms with Crippen LogP contribution in [0.25, 0.3) is 0 Å². The van der Waals surface area contributed by atoms with E-state index in [2.05, 4.69) is 66.7 Å². The number of rotatable bonds is 7. The highest BCUT2D eigenvalue weighted by Gasteiger charge is 2.07. The smallest absolute Gasteiger partial charge is 0.0539 e. The summed E-state index contributed by atoms with van der Waals surface area (Å²) in [5.41, 5.74) is 3.79. The molecule has 0 radical (unpaired) electrons. The van der Waals surface area contributed by atoms with Crippen molar-refractivity contribution in [3.05, 3.63) is 47.8 Å². The predicted molar refractivity (Wildman–Crippen MR) is 88.5 cm³/mol. The van der Waals surface area contributed by atoms with Gasteiger partial charge in [-0.1, -0.05) is 19.1 Å². The SMILES string of the molecule is CCCNC(C)c1ccc(N(C)Cc2cnn(C)c2)cc1. The lowest BCUT2D eigenvalue weighted by Crippen LogP contribution is -2.19. The van der Waals surface area contributed by atoms with E-state index >= 15 is 0 Å². The van der Waals surface area contributed by atoms with Gasteiger partial charge in [0.05, 0.1) is 6.20 Å². The molecule has 0 aliphatic carbocycles. The van der Waals surface area contributed by atoms with Crippen molar-refractivity contribution in [3.63, 3.8) is 0 Å². The third kappa shape index (κ3) is 4.33. The largest absolute Gasteiger partial charge is 0.370 e. The molecule has 0 fully saturated rings. The molecule has 21 heavy (non-hydrogen) atoms. The third-order valence-corrected chi connectivity index (χ3v) is 3.71. The molecular formula is C17H26N4. The van der Waals surface area contributed by atoms with Crippen molar-refractivity contribution < 1.29 is 0 Å². The fourth-order valence-corrected chi connectivity index (χ4v) is 2.41. The second-order valence-electron chi connectivity index (χ2n) is 5.65. The Morgan fingerprint density at radius 1 is 1.29 bits per heavy atom. The monoisotopic (exact) mass is 286 g/mol. The molecule has 1 unspecified atom stereocenters. The highest BCUT2D eigenvalue weighted by atomic mass is 15.2. The Labute approximate surface area is 127 Å². The third-order valence-electron chi connectivity index (χ3n) is 3.71. The topological polar surface area (TPSA) is 33.1 Å². The number of hydrogen-bond acceptors (Lipinski definition) is 3. The average molecular weight is 286 g/mol. The van der Waals surface area contributed by atoms with Gasteiger partial charge in [-0.3, -0.25) is 4.68 Å². The maximum absolute atomic E-state index is 4.21. The van der Waals surface area contributed by atoms with E-state index in [0.717, 1.165) is 19.5 Å². The zero-order valence-corrected chi connectivity index (χ0v) is 13.5. The summed E-state index contributed by atoms with van der Waals surface area (Å²) in [6.45, 7) is 6.33. The molecule has 1 heterocycles. The minimum atomic E-state index is 0.405. The van der Waals surface area contributed by atoms with Crippen LogP contribution >= 0.6 is 0 Å². The highest BCUT2D eigenvalue weighted by molar-refractivity contribution is 5.47. The molecule has 1 aromatic carbocycles. The van der Waals surface area contributed by atoms with Crippen LogP contribution < -0.4 is 10.2 Å². The van der Waals surface area contributed by atoms with E-state index in [-0.39, 0.29) is 0 Å². The molecule has 2 rings (SSSR count). The van der Waals surface area contributed by atoms with E-state index in [0.29, 0.717) is 6.04 Å². The minimum Gasteiger partial charge on any atom is -0.370 e. The molecular weight excluding hydrogens is 260 g/mol. The van der Waals surface area contributed by atoms with E-state index in [9.17, 15) is 0 Å². The van der Waals surface area contributed by atoms with Crippen LogP contribution in [0.2, 0.25) is 0 Å². The summed E-state index contributed by atoms with van der Waals surface area (Å²) in [5, 5.41) is 7.73. The number of anilines is 1. The van der Waals surface area contributed by atoms with Crippen molar-refractivity contribution in [2.75, 3.05) is 18.5 Å². The molecule has 4 heteroatoms. The van der Waals surface area contributed by atoms with Gasteiger partial charge in [-0.15, -0.1) is 0 Å². The number of nitrogens with one attached hydrogen (secondary N) is 1. The van der Waals surface area contributed by atoms with Crippen LogP contribution in [0.15, 0.2) is 36.7 Å². The van der Waals surface area contributed by atoms with Gasteiger partial charge in [-0.05, 0) is 37.6 Å². The van der Waals surface area contributed by atoms with Gasteiger partial charge in [0, 0.05) is 44.1 Å². The summed E-state index contributed by atoms with van der Waals surface area (Å²) in [4.78, 5) is 2.24. The van der Waals surface area contributed by atoms with Crippen LogP contribution in [0.3, 0.4) is 0 Å². The molecule has 0 saturated carbocycles. The molecule has 0 amide bonds. The van der Waals surface area contributed by atoms with Crippen LogP contribution in [0.1, 0.15) is 37.4 Å². The minimum absolute atomic E-state index is 0.405. The first-order valence-electron chi connectivity index (χ1n) is 7.62. The Balaban J connectivity index is 1.97. The van der Waals surface area contributed by atoms with E-state index < -0.39 is 0 Å². The number of aryl methyl sites for hydroxylation is 1. The quantitative estimate of drug-likeness (QED) is 0.849. The summed E-state index contributed by atoms with van der Waals surface area (Å²) < 4.78 is 1.84. The van der Waals surface area contributed by atoms with Gasteiger partial charge in [0.1, 0.15) is 0 Å². The zero-order valence-electron chi connectivity index (χ0n) is 13.5. The number of benzene rings is 1. The summed E-state index contributed by atoms with van der Waals surface area (Å²) >= 11 is 0. The van der Waals surface area contributed by atoms with E-state index in [1.165, 1.54) is 16.8 Å². The van der Waals surface area contributed by atoms with Crippen LogP contribution in [0, 0.1) is 0 Å². The molecule has 0 saturated heterocycles. The zero-order chi connectivity index (χ0) is 15.2. The van der Waals surface area contributed by atoms with Crippen LogP contribution in [0.5, 0.6) is 0 Å². The maximum Gasteiger partial charge on any atom is 0.0539 e. The first-order chi connectivity index (χ1) is 10.1. The second kappa shape index (κ2) is 7.27. The fourth-order valence-electron chi connectivity index (χ4n) is 2.41. The first kappa shape index (κ1) is 15.6. The molecule has 4 nitrogen and oxygen atoms in total. The number of nitrogens with zero attached hydrogens (tertiary/aromatic N) is 3. The summed E-state index contributed by atoms with van der Waals surface area (Å²) in [7, 11) is 4.06. The van der Waals surface area contributed by atoms with Crippen molar-refractivity contribution in [1.82, 2.24) is 15.1 Å². The first-order valence-corrected chi connectivity index (χ1v) is 7.62. The van der Waals surface area contributed by atoms with Crippen molar-refractivity contribution >= 4 is 5.69 Å². The summed E-state index contributed by atoms with van der Waals surface area (Å²) in [6, 6.07) is 9.21. The van der Waals surface area contributed by atoms with E-state index in [1.807, 2.05) is 17.9 Å². The van der Waals surface area contributed by atoms with Crippen LogP contribution in [-0.4, -0.2) is 23.4 Å². The Kier molecular flexibility index (Phi) is 5.39. The molecule has 114 valence electrons. The predicted octanol–water partition coefficient (Wildman–Crippen LogP) is 3.12. The maximum atomic E-state index is 4.21. The molecule has 0 aliphatic heterocycles. The fraction of sp³-hybridized carbons (Fsp3) is 0.471.